The summed E-state index contributed by atoms with van der Waals surface area (Å²) in [5, 5.41) is 4.13. The molecule has 7 heteroatoms. The molecule has 0 aliphatic carbocycles. The molecule has 0 spiro atoms. The van der Waals surface area contributed by atoms with E-state index in [0.717, 1.165) is 47.3 Å². The van der Waals surface area contributed by atoms with Gasteiger partial charge in [0.2, 0.25) is 5.13 Å². The first-order valence-corrected chi connectivity index (χ1v) is 7.36. The second-order valence-electron chi connectivity index (χ2n) is 4.21. The van der Waals surface area contributed by atoms with E-state index < -0.39 is 0 Å². The number of halogens is 1. The van der Waals surface area contributed by atoms with Gasteiger partial charge >= 0.3 is 0 Å². The lowest BCUT2D eigenvalue weighted by atomic mass is 10.1. The van der Waals surface area contributed by atoms with Gasteiger partial charge in [-0.3, -0.25) is 0 Å². The minimum absolute atomic E-state index is 0.372. The number of rotatable bonds is 4. The Kier molecular flexibility index (Phi) is 3.62. The Labute approximate surface area is 117 Å². The van der Waals surface area contributed by atoms with E-state index in [1.54, 1.807) is 0 Å². The van der Waals surface area contributed by atoms with Crippen LogP contribution in [-0.2, 0) is 11.3 Å². The molecule has 1 saturated heterocycles. The molecule has 1 unspecified atom stereocenters. The van der Waals surface area contributed by atoms with Gasteiger partial charge in [-0.25, -0.2) is 4.98 Å². The Morgan fingerprint density at radius 3 is 3.28 bits per heavy atom. The van der Waals surface area contributed by atoms with Gasteiger partial charge in [-0.15, -0.1) is 0 Å². The number of anilines is 1. The van der Waals surface area contributed by atoms with Gasteiger partial charge in [-0.2, -0.15) is 4.37 Å². The highest BCUT2D eigenvalue weighted by Gasteiger charge is 2.21. The molecule has 2 aromatic heterocycles. The van der Waals surface area contributed by atoms with Gasteiger partial charge in [0.05, 0.1) is 13.2 Å². The number of H-pyrrole nitrogens is 1. The van der Waals surface area contributed by atoms with E-state index >= 15 is 0 Å². The van der Waals surface area contributed by atoms with Crippen molar-refractivity contribution in [2.75, 3.05) is 18.5 Å². The normalized spacial score (nSPS) is 19.3. The third-order valence-corrected chi connectivity index (χ3v) is 4.02. The zero-order valence-electron chi connectivity index (χ0n) is 9.65. The van der Waals surface area contributed by atoms with Crippen molar-refractivity contribution in [2.45, 2.75) is 18.9 Å². The lowest BCUT2D eigenvalue weighted by Gasteiger charge is -2.00. The summed E-state index contributed by atoms with van der Waals surface area (Å²) in [4.78, 5) is 7.67. The average Bonchev–Trinajstić information content (AvgIpc) is 3.07. The summed E-state index contributed by atoms with van der Waals surface area (Å²) in [6, 6.07) is 2.04. The molecule has 2 N–H and O–H groups in total. The van der Waals surface area contributed by atoms with Crippen molar-refractivity contribution >= 4 is 32.6 Å². The Balaban J connectivity index is 1.59. The molecule has 3 rings (SSSR count). The molecule has 18 heavy (non-hydrogen) atoms. The maximum atomic E-state index is 5.35. The molecule has 0 saturated carbocycles. The maximum Gasteiger partial charge on any atom is 0.202 e. The Bertz CT molecular complexity index is 521. The number of hydrogen-bond donors (Lipinski definition) is 2. The van der Waals surface area contributed by atoms with Crippen molar-refractivity contribution < 1.29 is 4.74 Å². The standard InChI is InChI=1S/C11H13BrN4OS/c12-8-3-9(13-4-8)5-14-11-15-10(16-18-11)7-1-2-17-6-7/h3-4,7,13H,1-2,5-6H2,(H,14,15,16). The maximum absolute atomic E-state index is 5.35. The van der Waals surface area contributed by atoms with Crippen LogP contribution in [0.15, 0.2) is 16.7 Å². The van der Waals surface area contributed by atoms with Crippen molar-refractivity contribution in [1.82, 2.24) is 14.3 Å². The number of aromatic amines is 1. The van der Waals surface area contributed by atoms with E-state index in [0.29, 0.717) is 5.92 Å². The van der Waals surface area contributed by atoms with E-state index in [1.807, 2.05) is 12.3 Å². The molecular formula is C11H13BrN4OS. The van der Waals surface area contributed by atoms with Crippen LogP contribution in [0.5, 0.6) is 0 Å². The summed E-state index contributed by atoms with van der Waals surface area (Å²) in [7, 11) is 0. The van der Waals surface area contributed by atoms with Crippen molar-refractivity contribution in [3.63, 3.8) is 0 Å². The van der Waals surface area contributed by atoms with Gasteiger partial charge in [0.25, 0.3) is 0 Å². The molecule has 1 aliphatic rings. The van der Waals surface area contributed by atoms with E-state index in [4.69, 9.17) is 4.74 Å². The molecular weight excluding hydrogens is 316 g/mol. The largest absolute Gasteiger partial charge is 0.381 e. The van der Waals surface area contributed by atoms with Crippen LogP contribution in [0.2, 0.25) is 0 Å². The molecule has 1 atom stereocenters. The lowest BCUT2D eigenvalue weighted by Crippen LogP contribution is -2.02. The Hall–Kier alpha value is -0.920. The van der Waals surface area contributed by atoms with Gasteiger partial charge in [0.15, 0.2) is 0 Å². The molecule has 1 fully saturated rings. The molecule has 0 bridgehead atoms. The Morgan fingerprint density at radius 1 is 1.61 bits per heavy atom. The zero-order valence-corrected chi connectivity index (χ0v) is 12.1. The Morgan fingerprint density at radius 2 is 2.56 bits per heavy atom. The fourth-order valence-electron chi connectivity index (χ4n) is 1.89. The van der Waals surface area contributed by atoms with Crippen molar-refractivity contribution in [3.05, 3.63) is 28.3 Å². The van der Waals surface area contributed by atoms with Crippen LogP contribution >= 0.6 is 27.5 Å². The highest BCUT2D eigenvalue weighted by molar-refractivity contribution is 9.10. The summed E-state index contributed by atoms with van der Waals surface area (Å²) < 4.78 is 10.8. The first-order chi connectivity index (χ1) is 8.81. The zero-order chi connectivity index (χ0) is 12.4. The fraction of sp³-hybridized carbons (Fsp3) is 0.455. The molecule has 5 nitrogen and oxygen atoms in total. The van der Waals surface area contributed by atoms with Gasteiger partial charge < -0.3 is 15.0 Å². The SMILES string of the molecule is Brc1c[nH]c(CNc2nc(C3CCOC3)ns2)c1. The van der Waals surface area contributed by atoms with E-state index in [-0.39, 0.29) is 0 Å². The highest BCUT2D eigenvalue weighted by Crippen LogP contribution is 2.25. The van der Waals surface area contributed by atoms with Crippen LogP contribution < -0.4 is 5.32 Å². The van der Waals surface area contributed by atoms with Crippen LogP contribution in [0.25, 0.3) is 0 Å². The minimum atomic E-state index is 0.372. The summed E-state index contributed by atoms with van der Waals surface area (Å²) >= 11 is 4.82. The lowest BCUT2D eigenvalue weighted by molar-refractivity contribution is 0.193. The van der Waals surface area contributed by atoms with Crippen LogP contribution in [0.4, 0.5) is 5.13 Å². The number of nitrogens with zero attached hydrogens (tertiary/aromatic N) is 2. The van der Waals surface area contributed by atoms with E-state index in [1.165, 1.54) is 11.5 Å². The molecule has 3 heterocycles. The second kappa shape index (κ2) is 5.38. The van der Waals surface area contributed by atoms with Crippen molar-refractivity contribution in [1.29, 1.82) is 0 Å². The predicted octanol–water partition coefficient (Wildman–Crippen LogP) is 2.74. The molecule has 0 amide bonds. The number of aromatic nitrogens is 3. The number of ether oxygens (including phenoxy) is 1. The smallest absolute Gasteiger partial charge is 0.202 e. The van der Waals surface area contributed by atoms with E-state index in [9.17, 15) is 0 Å². The summed E-state index contributed by atoms with van der Waals surface area (Å²) in [5.74, 6) is 1.28. The number of nitrogens with one attached hydrogen (secondary N) is 2. The van der Waals surface area contributed by atoms with Gasteiger partial charge in [0, 0.05) is 40.4 Å². The van der Waals surface area contributed by atoms with Crippen LogP contribution in [-0.4, -0.2) is 27.6 Å². The van der Waals surface area contributed by atoms with Gasteiger partial charge in [0.1, 0.15) is 5.82 Å². The number of hydrogen-bond acceptors (Lipinski definition) is 5. The molecule has 0 aromatic carbocycles. The minimum Gasteiger partial charge on any atom is -0.381 e. The van der Waals surface area contributed by atoms with Gasteiger partial charge in [-0.1, -0.05) is 0 Å². The third kappa shape index (κ3) is 2.73. The third-order valence-electron chi connectivity index (χ3n) is 2.87. The fourth-order valence-corrected chi connectivity index (χ4v) is 2.93. The van der Waals surface area contributed by atoms with Crippen LogP contribution in [0.3, 0.4) is 0 Å². The molecule has 1 aliphatic heterocycles. The summed E-state index contributed by atoms with van der Waals surface area (Å²) in [5.41, 5.74) is 1.11. The second-order valence-corrected chi connectivity index (χ2v) is 5.88. The highest BCUT2D eigenvalue weighted by atomic mass is 79.9. The molecule has 0 radical (unpaired) electrons. The summed E-state index contributed by atoms with van der Waals surface area (Å²) in [6.45, 7) is 2.30. The van der Waals surface area contributed by atoms with Crippen molar-refractivity contribution in [2.24, 2.45) is 0 Å². The van der Waals surface area contributed by atoms with Gasteiger partial charge in [-0.05, 0) is 28.4 Å². The van der Waals surface area contributed by atoms with Crippen LogP contribution in [0.1, 0.15) is 23.9 Å². The molecule has 2 aromatic rings. The average molecular weight is 329 g/mol. The quantitative estimate of drug-likeness (QED) is 0.905. The monoisotopic (exact) mass is 328 g/mol. The first kappa shape index (κ1) is 12.1. The topological polar surface area (TPSA) is 62.8 Å². The van der Waals surface area contributed by atoms with Crippen LogP contribution in [0, 0.1) is 0 Å². The molecule has 96 valence electrons. The summed E-state index contributed by atoms with van der Waals surface area (Å²) in [6.07, 6.45) is 2.94. The van der Waals surface area contributed by atoms with Crippen molar-refractivity contribution in [3.8, 4) is 0 Å². The van der Waals surface area contributed by atoms with E-state index in [2.05, 4.69) is 35.6 Å². The predicted molar refractivity (Wildman–Crippen MR) is 73.9 cm³/mol. The first-order valence-electron chi connectivity index (χ1n) is 5.79.